The Morgan fingerprint density at radius 2 is 2.42 bits per heavy atom. The highest BCUT2D eigenvalue weighted by Crippen LogP contribution is 2.14. The molecule has 0 radical (unpaired) electrons. The van der Waals surface area contributed by atoms with Gasteiger partial charge in [0.1, 0.15) is 0 Å². The lowest BCUT2D eigenvalue weighted by atomic mass is 10.4. The molecule has 0 aromatic carbocycles. The first kappa shape index (κ1) is 9.55. The molecule has 1 aliphatic heterocycles. The molecule has 1 rings (SSSR count). The molecule has 0 aliphatic carbocycles. The van der Waals surface area contributed by atoms with Crippen molar-refractivity contribution in [2.75, 3.05) is 19.5 Å². The number of hydrazine groups is 1. The van der Waals surface area contributed by atoms with E-state index in [4.69, 9.17) is 23.2 Å². The van der Waals surface area contributed by atoms with E-state index in [2.05, 4.69) is 10.7 Å². The molecule has 68 valence electrons. The number of allylic oxidation sites excluding steroid dienone is 1. The van der Waals surface area contributed by atoms with Crippen LogP contribution in [-0.4, -0.2) is 24.5 Å². The van der Waals surface area contributed by atoms with Gasteiger partial charge in [-0.15, -0.1) is 11.6 Å². The maximum Gasteiger partial charge on any atom is 0.0831 e. The lowest BCUT2D eigenvalue weighted by Gasteiger charge is -2.22. The van der Waals surface area contributed by atoms with E-state index in [1.54, 1.807) is 17.4 Å². The van der Waals surface area contributed by atoms with Gasteiger partial charge in [-0.25, -0.2) is 0 Å². The van der Waals surface area contributed by atoms with Crippen LogP contribution in [0.15, 0.2) is 23.1 Å². The number of hydrogen-bond acceptors (Lipinski definition) is 3. The summed E-state index contributed by atoms with van der Waals surface area (Å²) in [4.78, 5) is 0. The Balaban J connectivity index is 2.49. The number of rotatable bonds is 3. The van der Waals surface area contributed by atoms with E-state index in [0.29, 0.717) is 17.5 Å². The van der Waals surface area contributed by atoms with Gasteiger partial charge in [0.15, 0.2) is 0 Å². The van der Waals surface area contributed by atoms with Crippen molar-refractivity contribution < 1.29 is 0 Å². The molecule has 12 heavy (non-hydrogen) atoms. The Morgan fingerprint density at radius 1 is 1.67 bits per heavy atom. The highest BCUT2D eigenvalue weighted by molar-refractivity contribution is 6.31. The van der Waals surface area contributed by atoms with E-state index in [1.807, 2.05) is 7.05 Å². The van der Waals surface area contributed by atoms with Crippen molar-refractivity contribution in [1.82, 2.24) is 15.8 Å². The third kappa shape index (κ3) is 2.50. The fourth-order valence-corrected chi connectivity index (χ4v) is 1.19. The van der Waals surface area contributed by atoms with Crippen LogP contribution >= 0.6 is 23.2 Å². The number of nitrogens with zero attached hydrogens (tertiary/aromatic N) is 1. The fraction of sp³-hybridized carbons (Fsp3) is 0.429. The average Bonchev–Trinajstić information content (AvgIpc) is 2.03. The molecule has 0 unspecified atom stereocenters. The molecule has 1 heterocycles. The molecule has 0 saturated heterocycles. The predicted octanol–water partition coefficient (Wildman–Crippen LogP) is 1.19. The van der Waals surface area contributed by atoms with Gasteiger partial charge in [-0.05, 0) is 0 Å². The summed E-state index contributed by atoms with van der Waals surface area (Å²) < 4.78 is 0. The van der Waals surface area contributed by atoms with E-state index >= 15 is 0 Å². The Bertz CT molecular complexity index is 213. The van der Waals surface area contributed by atoms with Gasteiger partial charge in [0.2, 0.25) is 0 Å². The van der Waals surface area contributed by atoms with Gasteiger partial charge in [-0.2, -0.15) is 0 Å². The summed E-state index contributed by atoms with van der Waals surface area (Å²) in [5, 5.41) is 5.54. The first-order valence-electron chi connectivity index (χ1n) is 3.60. The first-order chi connectivity index (χ1) is 5.74. The van der Waals surface area contributed by atoms with Crippen molar-refractivity contribution in [2.45, 2.75) is 0 Å². The van der Waals surface area contributed by atoms with Crippen LogP contribution in [-0.2, 0) is 0 Å². The van der Waals surface area contributed by atoms with Crippen molar-refractivity contribution in [2.24, 2.45) is 0 Å². The SMILES string of the molecule is CN1C=C(Cl)C(NCCCl)=CN1. The topological polar surface area (TPSA) is 27.3 Å². The Labute approximate surface area is 82.0 Å². The minimum absolute atomic E-state index is 0.567. The second-order valence-electron chi connectivity index (χ2n) is 2.39. The molecule has 1 aliphatic rings. The molecule has 0 bridgehead atoms. The number of halogens is 2. The summed E-state index contributed by atoms with van der Waals surface area (Å²) in [5.74, 6) is 0.567. The molecule has 0 aromatic rings. The summed E-state index contributed by atoms with van der Waals surface area (Å²) in [6, 6.07) is 0. The first-order valence-corrected chi connectivity index (χ1v) is 4.52. The quantitative estimate of drug-likeness (QED) is 0.682. The van der Waals surface area contributed by atoms with Gasteiger partial charge in [0.05, 0.1) is 10.7 Å². The molecule has 3 nitrogen and oxygen atoms in total. The van der Waals surface area contributed by atoms with Crippen LogP contribution in [0, 0.1) is 0 Å². The number of hydrogen-bond donors (Lipinski definition) is 2. The van der Waals surface area contributed by atoms with Gasteiger partial charge in [0, 0.05) is 31.9 Å². The maximum absolute atomic E-state index is 5.92. The summed E-state index contributed by atoms with van der Waals surface area (Å²) in [5.41, 5.74) is 3.85. The van der Waals surface area contributed by atoms with Gasteiger partial charge >= 0.3 is 0 Å². The van der Waals surface area contributed by atoms with E-state index in [0.717, 1.165) is 5.70 Å². The number of alkyl halides is 1. The van der Waals surface area contributed by atoms with Gasteiger partial charge in [0.25, 0.3) is 0 Å². The zero-order chi connectivity index (χ0) is 8.97. The minimum Gasteiger partial charge on any atom is -0.381 e. The minimum atomic E-state index is 0.567. The van der Waals surface area contributed by atoms with Crippen molar-refractivity contribution in [3.05, 3.63) is 23.1 Å². The third-order valence-corrected chi connectivity index (χ3v) is 1.88. The third-order valence-electron chi connectivity index (χ3n) is 1.39. The standard InChI is InChI=1S/C7H11Cl2N3/c1-12-5-6(9)7(4-11-12)10-3-2-8/h4-5,10-11H,2-3H2,1H3. The summed E-state index contributed by atoms with van der Waals surface area (Å²) in [7, 11) is 1.87. The lowest BCUT2D eigenvalue weighted by Crippen LogP contribution is -2.31. The zero-order valence-corrected chi connectivity index (χ0v) is 8.28. The molecule has 2 N–H and O–H groups in total. The van der Waals surface area contributed by atoms with Crippen LogP contribution in [0.5, 0.6) is 0 Å². The monoisotopic (exact) mass is 207 g/mol. The summed E-state index contributed by atoms with van der Waals surface area (Å²) in [6.07, 6.45) is 3.59. The van der Waals surface area contributed by atoms with E-state index in [1.165, 1.54) is 0 Å². The van der Waals surface area contributed by atoms with E-state index in [9.17, 15) is 0 Å². The van der Waals surface area contributed by atoms with Crippen molar-refractivity contribution in [3.63, 3.8) is 0 Å². The summed E-state index contributed by atoms with van der Waals surface area (Å²) in [6.45, 7) is 0.711. The second-order valence-corrected chi connectivity index (χ2v) is 3.18. The molecule has 0 amide bonds. The van der Waals surface area contributed by atoms with Gasteiger partial charge < -0.3 is 10.7 Å². The van der Waals surface area contributed by atoms with Gasteiger partial charge in [-0.1, -0.05) is 11.6 Å². The average molecular weight is 208 g/mol. The zero-order valence-electron chi connectivity index (χ0n) is 6.77. The van der Waals surface area contributed by atoms with Crippen LogP contribution in [0.25, 0.3) is 0 Å². The predicted molar refractivity (Wildman–Crippen MR) is 51.6 cm³/mol. The van der Waals surface area contributed by atoms with Crippen LogP contribution in [0.4, 0.5) is 0 Å². The smallest absolute Gasteiger partial charge is 0.0831 e. The highest BCUT2D eigenvalue weighted by Gasteiger charge is 2.06. The van der Waals surface area contributed by atoms with Crippen molar-refractivity contribution in [3.8, 4) is 0 Å². The van der Waals surface area contributed by atoms with Gasteiger partial charge in [-0.3, -0.25) is 5.01 Å². The summed E-state index contributed by atoms with van der Waals surface area (Å²) >= 11 is 11.4. The van der Waals surface area contributed by atoms with E-state index < -0.39 is 0 Å². The van der Waals surface area contributed by atoms with Crippen LogP contribution in [0.1, 0.15) is 0 Å². The highest BCUT2D eigenvalue weighted by atomic mass is 35.5. The maximum atomic E-state index is 5.92. The van der Waals surface area contributed by atoms with Crippen molar-refractivity contribution >= 4 is 23.2 Å². The molecule has 5 heteroatoms. The Morgan fingerprint density at radius 3 is 3.00 bits per heavy atom. The molecule has 0 saturated carbocycles. The molecular formula is C7H11Cl2N3. The van der Waals surface area contributed by atoms with Crippen LogP contribution < -0.4 is 10.7 Å². The molecule has 0 atom stereocenters. The Kier molecular flexibility index (Phi) is 3.56. The largest absolute Gasteiger partial charge is 0.381 e. The van der Waals surface area contributed by atoms with E-state index in [-0.39, 0.29) is 0 Å². The molecule has 0 aromatic heterocycles. The Hall–Kier alpha value is -0.540. The lowest BCUT2D eigenvalue weighted by molar-refractivity contribution is 0.376. The molecule has 0 spiro atoms. The second kappa shape index (κ2) is 4.48. The molecular weight excluding hydrogens is 197 g/mol. The van der Waals surface area contributed by atoms with Crippen LogP contribution in [0.2, 0.25) is 0 Å². The fourth-order valence-electron chi connectivity index (χ4n) is 0.830. The normalized spacial score (nSPS) is 16.4. The van der Waals surface area contributed by atoms with Crippen LogP contribution in [0.3, 0.4) is 0 Å². The molecule has 0 fully saturated rings. The number of nitrogens with one attached hydrogen (secondary N) is 2. The van der Waals surface area contributed by atoms with Crippen molar-refractivity contribution in [1.29, 1.82) is 0 Å².